The molecule has 0 atom stereocenters. The third-order valence-corrected chi connectivity index (χ3v) is 1.95. The number of halogens is 2. The minimum Gasteiger partial charge on any atom is -0.271 e. The molecule has 0 fully saturated rings. The van der Waals surface area contributed by atoms with E-state index >= 15 is 0 Å². The zero-order chi connectivity index (χ0) is 8.97. The molecule has 0 aromatic heterocycles. The molecule has 1 aromatic carbocycles. The SMILES string of the molecule is CC(C)c1ccc(CNN)cc1.Cl.Cl. The summed E-state index contributed by atoms with van der Waals surface area (Å²) in [4.78, 5) is 0. The van der Waals surface area contributed by atoms with Gasteiger partial charge in [0.2, 0.25) is 0 Å². The third kappa shape index (κ3) is 4.82. The molecule has 0 amide bonds. The second-order valence-electron chi connectivity index (χ2n) is 3.28. The van der Waals surface area contributed by atoms with E-state index in [9.17, 15) is 0 Å². The summed E-state index contributed by atoms with van der Waals surface area (Å²) in [6, 6.07) is 8.51. The van der Waals surface area contributed by atoms with Gasteiger partial charge in [-0.05, 0) is 17.0 Å². The molecule has 0 aliphatic carbocycles. The van der Waals surface area contributed by atoms with Crippen LogP contribution >= 0.6 is 24.8 Å². The standard InChI is InChI=1S/C10H16N2.2ClH/c1-8(2)10-5-3-9(4-6-10)7-12-11;;/h3-6,8,12H,7,11H2,1-2H3;2*1H. The predicted molar refractivity (Wildman–Crippen MR) is 66.1 cm³/mol. The van der Waals surface area contributed by atoms with Crippen LogP contribution in [-0.4, -0.2) is 0 Å². The summed E-state index contributed by atoms with van der Waals surface area (Å²) in [5, 5.41) is 0. The molecular weight excluding hydrogens is 219 g/mol. The second kappa shape index (κ2) is 8.06. The molecule has 2 nitrogen and oxygen atoms in total. The van der Waals surface area contributed by atoms with E-state index in [-0.39, 0.29) is 24.8 Å². The lowest BCUT2D eigenvalue weighted by Crippen LogP contribution is -2.20. The average Bonchev–Trinajstić information content (AvgIpc) is 2.06. The van der Waals surface area contributed by atoms with E-state index < -0.39 is 0 Å². The summed E-state index contributed by atoms with van der Waals surface area (Å²) in [7, 11) is 0. The van der Waals surface area contributed by atoms with Crippen molar-refractivity contribution in [3.05, 3.63) is 35.4 Å². The summed E-state index contributed by atoms with van der Waals surface area (Å²) in [6.45, 7) is 5.12. The molecule has 82 valence electrons. The first-order chi connectivity index (χ1) is 5.74. The van der Waals surface area contributed by atoms with Gasteiger partial charge in [-0.1, -0.05) is 38.1 Å². The van der Waals surface area contributed by atoms with E-state index in [0.717, 1.165) is 6.54 Å². The van der Waals surface area contributed by atoms with Gasteiger partial charge in [0.15, 0.2) is 0 Å². The average molecular weight is 237 g/mol. The van der Waals surface area contributed by atoms with Crippen molar-refractivity contribution in [1.29, 1.82) is 0 Å². The molecule has 0 bridgehead atoms. The summed E-state index contributed by atoms with van der Waals surface area (Å²) in [5.41, 5.74) is 5.23. The van der Waals surface area contributed by atoms with Crippen LogP contribution < -0.4 is 11.3 Å². The number of benzene rings is 1. The minimum atomic E-state index is 0. The Morgan fingerprint density at radius 2 is 1.64 bits per heavy atom. The maximum absolute atomic E-state index is 5.21. The van der Waals surface area contributed by atoms with E-state index in [0.29, 0.717) is 5.92 Å². The highest BCUT2D eigenvalue weighted by atomic mass is 35.5. The highest BCUT2D eigenvalue weighted by Gasteiger charge is 1.97. The van der Waals surface area contributed by atoms with Crippen LogP contribution in [-0.2, 0) is 6.54 Å². The normalized spacial score (nSPS) is 9.14. The van der Waals surface area contributed by atoms with Crippen molar-refractivity contribution in [3.8, 4) is 0 Å². The first kappa shape index (κ1) is 16.2. The lowest BCUT2D eigenvalue weighted by molar-refractivity contribution is 0.740. The van der Waals surface area contributed by atoms with Crippen molar-refractivity contribution < 1.29 is 0 Å². The quantitative estimate of drug-likeness (QED) is 0.626. The fourth-order valence-corrected chi connectivity index (χ4v) is 1.14. The van der Waals surface area contributed by atoms with Gasteiger partial charge in [0.05, 0.1) is 0 Å². The molecule has 0 spiro atoms. The van der Waals surface area contributed by atoms with E-state index in [1.807, 2.05) is 0 Å². The van der Waals surface area contributed by atoms with Crippen molar-refractivity contribution in [1.82, 2.24) is 5.43 Å². The summed E-state index contributed by atoms with van der Waals surface area (Å²) in [6.07, 6.45) is 0. The van der Waals surface area contributed by atoms with Crippen LogP contribution in [0.3, 0.4) is 0 Å². The van der Waals surface area contributed by atoms with Crippen molar-refractivity contribution >= 4 is 24.8 Å². The number of rotatable bonds is 3. The molecular formula is C10H18Cl2N2. The van der Waals surface area contributed by atoms with Crippen LogP contribution in [0.2, 0.25) is 0 Å². The Bertz CT molecular complexity index is 234. The van der Waals surface area contributed by atoms with Crippen molar-refractivity contribution in [3.63, 3.8) is 0 Å². The highest BCUT2D eigenvalue weighted by Crippen LogP contribution is 2.14. The summed E-state index contributed by atoms with van der Waals surface area (Å²) in [5.74, 6) is 5.81. The lowest BCUT2D eigenvalue weighted by Gasteiger charge is -2.05. The maximum Gasteiger partial charge on any atom is 0.0348 e. The fraction of sp³-hybridized carbons (Fsp3) is 0.400. The van der Waals surface area contributed by atoms with Crippen LogP contribution in [0.5, 0.6) is 0 Å². The molecule has 1 rings (SSSR count). The van der Waals surface area contributed by atoms with Crippen LogP contribution in [0.4, 0.5) is 0 Å². The molecule has 0 radical (unpaired) electrons. The van der Waals surface area contributed by atoms with Gasteiger partial charge >= 0.3 is 0 Å². The first-order valence-electron chi connectivity index (χ1n) is 4.26. The molecule has 3 N–H and O–H groups in total. The molecule has 0 unspecified atom stereocenters. The Balaban J connectivity index is 0. The van der Waals surface area contributed by atoms with Gasteiger partial charge in [-0.15, -0.1) is 24.8 Å². The molecule has 0 saturated heterocycles. The third-order valence-electron chi connectivity index (χ3n) is 1.95. The smallest absolute Gasteiger partial charge is 0.0348 e. The largest absolute Gasteiger partial charge is 0.271 e. The molecule has 1 aromatic rings. The van der Waals surface area contributed by atoms with Crippen LogP contribution in [0, 0.1) is 0 Å². The maximum atomic E-state index is 5.21. The van der Waals surface area contributed by atoms with Gasteiger partial charge in [-0.2, -0.15) is 0 Å². The molecule has 0 aliphatic heterocycles. The zero-order valence-electron chi connectivity index (χ0n) is 8.49. The summed E-state index contributed by atoms with van der Waals surface area (Å²) >= 11 is 0. The van der Waals surface area contributed by atoms with Crippen LogP contribution in [0.15, 0.2) is 24.3 Å². The Kier molecular flexibility index (Phi) is 9.31. The van der Waals surface area contributed by atoms with Crippen LogP contribution in [0.25, 0.3) is 0 Å². The summed E-state index contributed by atoms with van der Waals surface area (Å²) < 4.78 is 0. The molecule has 0 heterocycles. The topological polar surface area (TPSA) is 38.0 Å². The van der Waals surface area contributed by atoms with E-state index in [2.05, 4.69) is 43.5 Å². The molecule has 14 heavy (non-hydrogen) atoms. The molecule has 4 heteroatoms. The predicted octanol–water partition coefficient (Wildman–Crippen LogP) is 2.62. The van der Waals surface area contributed by atoms with Crippen molar-refractivity contribution in [2.45, 2.75) is 26.3 Å². The monoisotopic (exact) mass is 236 g/mol. The van der Waals surface area contributed by atoms with E-state index in [4.69, 9.17) is 5.84 Å². The van der Waals surface area contributed by atoms with Gasteiger partial charge in [-0.3, -0.25) is 11.3 Å². The van der Waals surface area contributed by atoms with Crippen molar-refractivity contribution in [2.75, 3.05) is 0 Å². The number of nitrogens with two attached hydrogens (primary N) is 1. The van der Waals surface area contributed by atoms with E-state index in [1.165, 1.54) is 11.1 Å². The van der Waals surface area contributed by atoms with Crippen molar-refractivity contribution in [2.24, 2.45) is 5.84 Å². The van der Waals surface area contributed by atoms with Gasteiger partial charge in [0.25, 0.3) is 0 Å². The number of hydrogen-bond donors (Lipinski definition) is 2. The van der Waals surface area contributed by atoms with Gasteiger partial charge < -0.3 is 0 Å². The zero-order valence-corrected chi connectivity index (χ0v) is 10.1. The lowest BCUT2D eigenvalue weighted by atomic mass is 10.0. The van der Waals surface area contributed by atoms with Gasteiger partial charge in [0.1, 0.15) is 0 Å². The second-order valence-corrected chi connectivity index (χ2v) is 3.28. The van der Waals surface area contributed by atoms with Gasteiger partial charge in [0, 0.05) is 6.54 Å². The molecule has 0 aliphatic rings. The first-order valence-corrected chi connectivity index (χ1v) is 4.26. The Labute approximate surface area is 98.1 Å². The Morgan fingerprint density at radius 1 is 1.14 bits per heavy atom. The van der Waals surface area contributed by atoms with Gasteiger partial charge in [-0.25, -0.2) is 0 Å². The van der Waals surface area contributed by atoms with Crippen LogP contribution in [0.1, 0.15) is 30.9 Å². The Morgan fingerprint density at radius 3 is 2.00 bits per heavy atom. The highest BCUT2D eigenvalue weighted by molar-refractivity contribution is 5.85. The fourth-order valence-electron chi connectivity index (χ4n) is 1.14. The Hall–Kier alpha value is -0.280. The number of hydrazine groups is 1. The number of nitrogens with one attached hydrogen (secondary N) is 1. The minimum absolute atomic E-state index is 0. The molecule has 0 saturated carbocycles. The number of hydrogen-bond acceptors (Lipinski definition) is 2. The van der Waals surface area contributed by atoms with E-state index in [1.54, 1.807) is 0 Å².